The predicted molar refractivity (Wildman–Crippen MR) is 169 cm³/mol. The van der Waals surface area contributed by atoms with E-state index in [1.54, 1.807) is 12.8 Å². The van der Waals surface area contributed by atoms with Crippen LogP contribution in [0.5, 0.6) is 0 Å². The molecule has 1 N–H and O–H groups in total. The predicted octanol–water partition coefficient (Wildman–Crippen LogP) is 8.34. The summed E-state index contributed by atoms with van der Waals surface area (Å²) >= 11 is 0. The molecule has 2 fully saturated rings. The quantitative estimate of drug-likeness (QED) is 0.275. The van der Waals surface area contributed by atoms with Gasteiger partial charge in [0, 0.05) is 12.3 Å². The molecular formula is C34H46FeOP2+2. The molecule has 4 heteroatoms. The molecule has 0 heterocycles. The molecule has 0 aromatic heterocycles. The largest absolute Gasteiger partial charge is 2.00 e. The van der Waals surface area contributed by atoms with Crippen molar-refractivity contribution in [1.82, 2.24) is 0 Å². The van der Waals surface area contributed by atoms with Crippen LogP contribution in [0.1, 0.15) is 55.4 Å². The fraction of sp³-hybridized carbons (Fsp3) is 0.353. The topological polar surface area (TPSA) is 20.2 Å². The van der Waals surface area contributed by atoms with Crippen molar-refractivity contribution in [3.05, 3.63) is 124 Å². The summed E-state index contributed by atoms with van der Waals surface area (Å²) in [6, 6.07) is 22.2. The van der Waals surface area contributed by atoms with Crippen LogP contribution in [0.3, 0.4) is 0 Å². The van der Waals surface area contributed by atoms with Crippen molar-refractivity contribution in [2.24, 2.45) is 0 Å². The third-order valence-corrected chi connectivity index (χ3v) is 12.4. The molecule has 4 rings (SSSR count). The van der Waals surface area contributed by atoms with E-state index in [4.69, 9.17) is 5.11 Å². The molecule has 0 amide bonds. The van der Waals surface area contributed by atoms with E-state index in [-0.39, 0.29) is 31.6 Å². The van der Waals surface area contributed by atoms with Crippen molar-refractivity contribution in [1.29, 1.82) is 0 Å². The van der Waals surface area contributed by atoms with Crippen LogP contribution in [-0.4, -0.2) is 27.7 Å². The summed E-state index contributed by atoms with van der Waals surface area (Å²) in [6.07, 6.45) is 17.1. The molecule has 204 valence electrons. The maximum atomic E-state index is 7.57. The summed E-state index contributed by atoms with van der Waals surface area (Å²) in [5.41, 5.74) is 2.10. The number of hydrogen-bond donors (Lipinski definition) is 1. The van der Waals surface area contributed by atoms with Gasteiger partial charge in [0.25, 0.3) is 0 Å². The third kappa shape index (κ3) is 11.0. The number of aliphatic hydroxyl groups is 1. The molecule has 2 saturated carbocycles. The Bertz CT molecular complexity index is 794. The van der Waals surface area contributed by atoms with Gasteiger partial charge in [-0.15, -0.1) is 0 Å². The first-order valence-corrected chi connectivity index (χ1v) is 16.0. The Hall–Kier alpha value is -0.221. The average molecular weight is 589 g/mol. The smallest absolute Gasteiger partial charge is 0.397 e. The van der Waals surface area contributed by atoms with E-state index in [9.17, 15) is 0 Å². The molecule has 1 atom stereocenters. The van der Waals surface area contributed by atoms with Crippen LogP contribution in [-0.2, 0) is 17.1 Å². The molecule has 2 aromatic rings. The van der Waals surface area contributed by atoms with Crippen LogP contribution in [0.4, 0.5) is 0 Å². The Morgan fingerprint density at radius 2 is 1.03 bits per heavy atom. The summed E-state index contributed by atoms with van der Waals surface area (Å²) in [7, 11) is -0.771. The van der Waals surface area contributed by atoms with Crippen molar-refractivity contribution in [2.75, 3.05) is 6.61 Å². The van der Waals surface area contributed by atoms with E-state index in [0.717, 1.165) is 0 Å². The first kappa shape index (κ1) is 35.8. The molecule has 2 aliphatic carbocycles. The van der Waals surface area contributed by atoms with Crippen molar-refractivity contribution >= 4 is 26.5 Å². The zero-order chi connectivity index (χ0) is 27.5. The van der Waals surface area contributed by atoms with Gasteiger partial charge in [-0.05, 0) is 98.7 Å². The number of benzene rings is 2. The molecule has 0 aliphatic heterocycles. The number of rotatable bonds is 5. The van der Waals surface area contributed by atoms with Gasteiger partial charge in [0.15, 0.2) is 0 Å². The maximum absolute atomic E-state index is 7.57. The Labute approximate surface area is 249 Å². The Kier molecular flexibility index (Phi) is 16.5. The minimum absolute atomic E-state index is 0. The molecule has 0 saturated heterocycles. The number of aliphatic hydroxyl groups excluding tert-OH is 1. The second kappa shape index (κ2) is 17.6. The van der Waals surface area contributed by atoms with Gasteiger partial charge in [0.2, 0.25) is 0 Å². The SMILES string of the molecule is CCO.C[C@H]([C]1[CH][CH][CH][C]1P(c1ccccc1)c1ccccc1)P(C(C)(C)C)C(C)(C)C.[CH]1[CH][CH][CH][CH]1.[Fe+2]. The summed E-state index contributed by atoms with van der Waals surface area (Å²) in [6.45, 7) is 19.0. The molecule has 0 unspecified atom stereocenters. The van der Waals surface area contributed by atoms with E-state index < -0.39 is 7.92 Å². The molecule has 10 radical (unpaired) electrons. The van der Waals surface area contributed by atoms with Gasteiger partial charge < -0.3 is 5.11 Å². The molecule has 2 aliphatic rings. The fourth-order valence-corrected chi connectivity index (χ4v) is 12.7. The van der Waals surface area contributed by atoms with Gasteiger partial charge in [-0.2, -0.15) is 0 Å². The minimum atomic E-state index is -0.548. The first-order chi connectivity index (χ1) is 17.5. The monoisotopic (exact) mass is 588 g/mol. The van der Waals surface area contributed by atoms with Crippen LogP contribution in [0, 0.1) is 62.9 Å². The number of hydrogen-bond acceptors (Lipinski definition) is 1. The van der Waals surface area contributed by atoms with Crippen molar-refractivity contribution in [3.8, 4) is 0 Å². The Balaban J connectivity index is 0.000000694. The van der Waals surface area contributed by atoms with Crippen LogP contribution >= 0.6 is 15.8 Å². The second-order valence-electron chi connectivity index (χ2n) is 11.0. The van der Waals surface area contributed by atoms with Crippen LogP contribution < -0.4 is 10.6 Å². The van der Waals surface area contributed by atoms with Crippen molar-refractivity contribution < 1.29 is 22.2 Å². The van der Waals surface area contributed by atoms with Gasteiger partial charge in [0.1, 0.15) is 0 Å². The Morgan fingerprint density at radius 1 is 0.658 bits per heavy atom. The molecule has 0 spiro atoms. The normalized spacial score (nSPS) is 17.3. The maximum Gasteiger partial charge on any atom is 2.00 e. The standard InChI is InChI=1S/C27H35P2.C5H5.C2H6O.Fe/c1-21(29(26(2,3)4)27(5,6)7)24-19-14-20-25(24)28(22-15-10-8-11-16-22)23-17-12-9-13-18-23;1-2-4-5-3-1;1-2-3;/h8-21H,1-7H3;1-5H;3H,2H2,1H3;/q;;;+2/t21-;;;/m1.../s1. The second-order valence-corrected chi connectivity index (χ2v) is 17.4. The molecular weight excluding hydrogens is 542 g/mol. The van der Waals surface area contributed by atoms with Gasteiger partial charge in [0.05, 0.1) is 0 Å². The molecule has 1 nitrogen and oxygen atoms in total. The molecule has 2 aromatic carbocycles. The van der Waals surface area contributed by atoms with Crippen LogP contribution in [0.15, 0.2) is 60.7 Å². The summed E-state index contributed by atoms with van der Waals surface area (Å²) in [5.74, 6) is 1.56. The first-order valence-electron chi connectivity index (χ1n) is 13.2. The van der Waals surface area contributed by atoms with Gasteiger partial charge in [-0.3, -0.25) is 0 Å². The van der Waals surface area contributed by atoms with Crippen molar-refractivity contribution in [2.45, 2.75) is 71.4 Å². The zero-order valence-electron chi connectivity index (χ0n) is 24.4. The molecule has 38 heavy (non-hydrogen) atoms. The van der Waals surface area contributed by atoms with Crippen molar-refractivity contribution in [3.63, 3.8) is 0 Å². The van der Waals surface area contributed by atoms with Gasteiger partial charge in [-0.1, -0.05) is 117 Å². The fourth-order valence-electron chi connectivity index (χ4n) is 5.19. The van der Waals surface area contributed by atoms with E-state index >= 15 is 0 Å². The summed E-state index contributed by atoms with van der Waals surface area (Å²) in [4.78, 5) is 0. The van der Waals surface area contributed by atoms with E-state index in [2.05, 4.69) is 128 Å². The summed E-state index contributed by atoms with van der Waals surface area (Å²) in [5, 5.41) is 11.1. The van der Waals surface area contributed by atoms with Gasteiger partial charge in [-0.25, -0.2) is 0 Å². The van der Waals surface area contributed by atoms with Crippen LogP contribution in [0.25, 0.3) is 0 Å². The molecule has 0 bridgehead atoms. The summed E-state index contributed by atoms with van der Waals surface area (Å²) < 4.78 is 0. The Morgan fingerprint density at radius 3 is 1.37 bits per heavy atom. The van der Waals surface area contributed by atoms with E-state index in [1.165, 1.54) is 16.3 Å². The van der Waals surface area contributed by atoms with E-state index in [0.29, 0.717) is 16.0 Å². The third-order valence-electron chi connectivity index (χ3n) is 5.93. The van der Waals surface area contributed by atoms with Gasteiger partial charge >= 0.3 is 17.1 Å². The van der Waals surface area contributed by atoms with Crippen LogP contribution in [0.2, 0.25) is 0 Å². The minimum Gasteiger partial charge on any atom is -0.397 e. The van der Waals surface area contributed by atoms with E-state index in [1.807, 2.05) is 32.1 Å². The zero-order valence-corrected chi connectivity index (χ0v) is 27.3. The average Bonchev–Trinajstić information content (AvgIpc) is 3.55.